The van der Waals surface area contributed by atoms with E-state index in [2.05, 4.69) is 32.0 Å². The topological polar surface area (TPSA) is 12.4 Å². The molecular weight excluding hydrogens is 206 g/mol. The van der Waals surface area contributed by atoms with Gasteiger partial charge in [-0.05, 0) is 49.3 Å². The predicted octanol–water partition coefficient (Wildman–Crippen LogP) is 4.92. The van der Waals surface area contributed by atoms with Crippen LogP contribution in [0, 0.1) is 5.41 Å². The zero-order valence-corrected chi connectivity index (χ0v) is 11.0. The van der Waals surface area contributed by atoms with Crippen molar-refractivity contribution in [1.29, 1.82) is 0 Å². The van der Waals surface area contributed by atoms with Crippen LogP contribution in [0.3, 0.4) is 0 Å². The van der Waals surface area contributed by atoms with Gasteiger partial charge in [-0.1, -0.05) is 37.6 Å². The molecule has 1 aromatic carbocycles. The summed E-state index contributed by atoms with van der Waals surface area (Å²) in [5, 5.41) is 0. The fraction of sp³-hybridized carbons (Fsp3) is 0.438. The molecule has 0 amide bonds. The minimum Gasteiger partial charge on any atom is -0.257 e. The van der Waals surface area contributed by atoms with Gasteiger partial charge in [0.05, 0.1) is 5.69 Å². The van der Waals surface area contributed by atoms with Crippen molar-refractivity contribution in [3.8, 4) is 0 Å². The molecule has 0 saturated heterocycles. The van der Waals surface area contributed by atoms with Gasteiger partial charge in [-0.15, -0.1) is 0 Å². The SMILES string of the molecule is CC1=C(C=Nc2ccccc2)C(C)(C)CCC1. The van der Waals surface area contributed by atoms with Crippen molar-refractivity contribution >= 4 is 11.9 Å². The molecule has 0 aromatic heterocycles. The normalized spacial score (nSPS) is 19.9. The predicted molar refractivity (Wildman–Crippen MR) is 74.9 cm³/mol. The quantitative estimate of drug-likeness (QED) is 0.636. The first-order valence-electron chi connectivity index (χ1n) is 6.39. The van der Waals surface area contributed by atoms with Crippen molar-refractivity contribution in [2.45, 2.75) is 40.0 Å². The lowest BCUT2D eigenvalue weighted by atomic mass is 9.73. The number of para-hydroxylation sites is 1. The molecule has 2 rings (SSSR count). The summed E-state index contributed by atoms with van der Waals surface area (Å²) in [6, 6.07) is 10.2. The lowest BCUT2D eigenvalue weighted by Gasteiger charge is -2.32. The minimum absolute atomic E-state index is 0.278. The van der Waals surface area contributed by atoms with Crippen molar-refractivity contribution in [2.75, 3.05) is 0 Å². The van der Waals surface area contributed by atoms with E-state index < -0.39 is 0 Å². The molecular formula is C16H21N. The van der Waals surface area contributed by atoms with E-state index in [1.165, 1.54) is 30.4 Å². The molecule has 1 aliphatic carbocycles. The highest BCUT2D eigenvalue weighted by molar-refractivity contribution is 5.83. The molecule has 0 atom stereocenters. The molecule has 1 heteroatoms. The number of rotatable bonds is 2. The smallest absolute Gasteiger partial charge is 0.0629 e. The molecule has 1 nitrogen and oxygen atoms in total. The van der Waals surface area contributed by atoms with Gasteiger partial charge in [0.15, 0.2) is 0 Å². The molecule has 0 saturated carbocycles. The first-order valence-corrected chi connectivity index (χ1v) is 6.39. The summed E-state index contributed by atoms with van der Waals surface area (Å²) in [6.45, 7) is 6.89. The molecule has 0 bridgehead atoms. The van der Waals surface area contributed by atoms with Crippen LogP contribution in [0.4, 0.5) is 5.69 Å². The molecule has 0 fully saturated rings. The molecule has 0 radical (unpaired) electrons. The van der Waals surface area contributed by atoms with Gasteiger partial charge in [0.1, 0.15) is 0 Å². The summed E-state index contributed by atoms with van der Waals surface area (Å²) >= 11 is 0. The van der Waals surface area contributed by atoms with E-state index in [4.69, 9.17) is 0 Å². The number of nitrogens with zero attached hydrogens (tertiary/aromatic N) is 1. The molecule has 0 unspecified atom stereocenters. The lowest BCUT2D eigenvalue weighted by Crippen LogP contribution is -2.21. The number of benzene rings is 1. The molecule has 17 heavy (non-hydrogen) atoms. The molecule has 1 aromatic rings. The zero-order chi connectivity index (χ0) is 12.3. The lowest BCUT2D eigenvalue weighted by molar-refractivity contribution is 0.384. The summed E-state index contributed by atoms with van der Waals surface area (Å²) in [5.74, 6) is 0. The molecule has 0 N–H and O–H groups in total. The van der Waals surface area contributed by atoms with Crippen LogP contribution >= 0.6 is 0 Å². The maximum atomic E-state index is 4.59. The van der Waals surface area contributed by atoms with Crippen LogP contribution in [0.5, 0.6) is 0 Å². The molecule has 0 aliphatic heterocycles. The van der Waals surface area contributed by atoms with E-state index >= 15 is 0 Å². The number of aliphatic imine (C=N–C) groups is 1. The van der Waals surface area contributed by atoms with Crippen LogP contribution in [0.25, 0.3) is 0 Å². The summed E-state index contributed by atoms with van der Waals surface area (Å²) in [5.41, 5.74) is 4.24. The van der Waals surface area contributed by atoms with Crippen molar-refractivity contribution in [1.82, 2.24) is 0 Å². The minimum atomic E-state index is 0.278. The summed E-state index contributed by atoms with van der Waals surface area (Å²) in [4.78, 5) is 4.59. The standard InChI is InChI=1S/C16H21N/c1-13-8-7-11-16(2,3)15(13)12-17-14-9-5-4-6-10-14/h4-6,9-10,12H,7-8,11H2,1-3H3. The Morgan fingerprint density at radius 3 is 2.53 bits per heavy atom. The van der Waals surface area contributed by atoms with Crippen molar-refractivity contribution in [3.63, 3.8) is 0 Å². The maximum Gasteiger partial charge on any atom is 0.0629 e. The van der Waals surface area contributed by atoms with E-state index in [-0.39, 0.29) is 5.41 Å². The third kappa shape index (κ3) is 2.85. The van der Waals surface area contributed by atoms with Gasteiger partial charge in [0.2, 0.25) is 0 Å². The van der Waals surface area contributed by atoms with Crippen LogP contribution in [0.1, 0.15) is 40.0 Å². The monoisotopic (exact) mass is 227 g/mol. The Morgan fingerprint density at radius 2 is 1.88 bits per heavy atom. The van der Waals surface area contributed by atoms with Gasteiger partial charge in [-0.2, -0.15) is 0 Å². The maximum absolute atomic E-state index is 4.59. The second kappa shape index (κ2) is 4.87. The average molecular weight is 227 g/mol. The van der Waals surface area contributed by atoms with Gasteiger partial charge in [0, 0.05) is 6.21 Å². The van der Waals surface area contributed by atoms with Crippen LogP contribution in [0.2, 0.25) is 0 Å². The van der Waals surface area contributed by atoms with E-state index in [0.29, 0.717) is 0 Å². The van der Waals surface area contributed by atoms with E-state index in [1.54, 1.807) is 0 Å². The van der Waals surface area contributed by atoms with Gasteiger partial charge >= 0.3 is 0 Å². The largest absolute Gasteiger partial charge is 0.257 e. The van der Waals surface area contributed by atoms with Gasteiger partial charge in [-0.3, -0.25) is 4.99 Å². The first-order chi connectivity index (χ1) is 8.09. The Bertz CT molecular complexity index is 438. The Labute approximate surface area is 104 Å². The van der Waals surface area contributed by atoms with Crippen molar-refractivity contribution in [3.05, 3.63) is 41.5 Å². The number of allylic oxidation sites excluding steroid dienone is 2. The molecule has 0 spiro atoms. The molecule has 1 aliphatic rings. The average Bonchev–Trinajstić information content (AvgIpc) is 2.29. The van der Waals surface area contributed by atoms with Gasteiger partial charge in [-0.25, -0.2) is 0 Å². The van der Waals surface area contributed by atoms with Crippen LogP contribution in [0.15, 0.2) is 46.5 Å². The third-order valence-electron chi connectivity index (χ3n) is 3.64. The van der Waals surface area contributed by atoms with E-state index in [9.17, 15) is 0 Å². The second-order valence-electron chi connectivity index (χ2n) is 5.53. The Hall–Kier alpha value is -1.37. The van der Waals surface area contributed by atoms with Crippen molar-refractivity contribution in [2.24, 2.45) is 10.4 Å². The highest BCUT2D eigenvalue weighted by Gasteiger charge is 2.26. The Kier molecular flexibility index (Phi) is 3.46. The van der Waals surface area contributed by atoms with Crippen LogP contribution in [-0.4, -0.2) is 6.21 Å². The summed E-state index contributed by atoms with van der Waals surface area (Å²) in [6.07, 6.45) is 5.87. The Morgan fingerprint density at radius 1 is 1.18 bits per heavy atom. The summed E-state index contributed by atoms with van der Waals surface area (Å²) < 4.78 is 0. The van der Waals surface area contributed by atoms with E-state index in [1.807, 2.05) is 30.3 Å². The molecule has 90 valence electrons. The highest BCUT2D eigenvalue weighted by Crippen LogP contribution is 2.39. The fourth-order valence-electron chi connectivity index (χ4n) is 2.58. The van der Waals surface area contributed by atoms with Crippen LogP contribution < -0.4 is 0 Å². The van der Waals surface area contributed by atoms with Gasteiger partial charge in [0.25, 0.3) is 0 Å². The van der Waals surface area contributed by atoms with Gasteiger partial charge < -0.3 is 0 Å². The zero-order valence-electron chi connectivity index (χ0n) is 11.0. The first kappa shape index (κ1) is 12.1. The fourth-order valence-corrected chi connectivity index (χ4v) is 2.58. The van der Waals surface area contributed by atoms with Crippen LogP contribution in [-0.2, 0) is 0 Å². The molecule has 0 heterocycles. The second-order valence-corrected chi connectivity index (χ2v) is 5.53. The Balaban J connectivity index is 2.25. The van der Waals surface area contributed by atoms with Crippen molar-refractivity contribution < 1.29 is 0 Å². The third-order valence-corrected chi connectivity index (χ3v) is 3.64. The number of hydrogen-bond acceptors (Lipinski definition) is 1. The summed E-state index contributed by atoms with van der Waals surface area (Å²) in [7, 11) is 0. The highest BCUT2D eigenvalue weighted by atomic mass is 14.7. The number of hydrogen-bond donors (Lipinski definition) is 0. The van der Waals surface area contributed by atoms with E-state index in [0.717, 1.165) is 5.69 Å².